The van der Waals surface area contributed by atoms with E-state index in [4.69, 9.17) is 11.0 Å². The lowest BCUT2D eigenvalue weighted by Gasteiger charge is -2.01. The van der Waals surface area contributed by atoms with Gasteiger partial charge in [-0.25, -0.2) is 9.97 Å². The van der Waals surface area contributed by atoms with Crippen LogP contribution in [0.15, 0.2) is 39.7 Å². The Morgan fingerprint density at radius 3 is 2.72 bits per heavy atom. The first kappa shape index (κ1) is 15.7. The standard InChI is InChI=1S/C13H10N10O2/c1-22-12(25)9(8(5-14)21-22)19-20-11-7(10(15)24)6-18-23(11)13-16-3-2-4-17-13/h2-4,6,21H,1H3,(H2,15,24). The van der Waals surface area contributed by atoms with E-state index in [0.717, 1.165) is 9.36 Å². The highest BCUT2D eigenvalue weighted by molar-refractivity contribution is 5.97. The number of aromatic amines is 1. The Hall–Kier alpha value is -4.14. The second kappa shape index (κ2) is 6.16. The molecular formula is C13H10N10O2. The molecule has 0 saturated heterocycles. The number of nitriles is 1. The number of nitrogens with one attached hydrogen (secondary N) is 1. The predicted octanol–water partition coefficient (Wildman–Crippen LogP) is 0.0751. The van der Waals surface area contributed by atoms with Crippen LogP contribution in [0.25, 0.3) is 5.95 Å². The van der Waals surface area contributed by atoms with Gasteiger partial charge in [0.05, 0.1) is 6.20 Å². The van der Waals surface area contributed by atoms with E-state index < -0.39 is 11.5 Å². The van der Waals surface area contributed by atoms with Crippen LogP contribution in [0.1, 0.15) is 16.1 Å². The van der Waals surface area contributed by atoms with Gasteiger partial charge in [-0.2, -0.15) is 15.0 Å². The molecule has 0 aliphatic heterocycles. The molecule has 25 heavy (non-hydrogen) atoms. The molecule has 0 fully saturated rings. The van der Waals surface area contributed by atoms with Crippen LogP contribution in [-0.2, 0) is 7.05 Å². The topological polar surface area (TPSA) is 173 Å². The summed E-state index contributed by atoms with van der Waals surface area (Å²) in [6.07, 6.45) is 4.14. The molecule has 0 saturated carbocycles. The first-order valence-electron chi connectivity index (χ1n) is 6.79. The van der Waals surface area contributed by atoms with E-state index in [1.165, 1.54) is 25.6 Å². The van der Waals surface area contributed by atoms with Gasteiger partial charge in [0.25, 0.3) is 17.4 Å². The summed E-state index contributed by atoms with van der Waals surface area (Å²) in [6, 6.07) is 3.41. The molecule has 0 aliphatic rings. The van der Waals surface area contributed by atoms with Crippen molar-refractivity contribution in [2.24, 2.45) is 23.0 Å². The minimum absolute atomic E-state index is 0.0397. The summed E-state index contributed by atoms with van der Waals surface area (Å²) >= 11 is 0. The lowest BCUT2D eigenvalue weighted by Crippen LogP contribution is -2.11. The molecule has 3 N–H and O–H groups in total. The average molecular weight is 338 g/mol. The van der Waals surface area contributed by atoms with Gasteiger partial charge in [0.2, 0.25) is 0 Å². The third-order valence-electron chi connectivity index (χ3n) is 3.13. The number of nitrogens with two attached hydrogens (primary N) is 1. The molecular weight excluding hydrogens is 328 g/mol. The van der Waals surface area contributed by atoms with Gasteiger partial charge >= 0.3 is 0 Å². The van der Waals surface area contributed by atoms with Crippen molar-refractivity contribution in [1.82, 2.24) is 29.5 Å². The van der Waals surface area contributed by atoms with Gasteiger partial charge in [0, 0.05) is 19.4 Å². The zero-order valence-corrected chi connectivity index (χ0v) is 12.8. The molecule has 0 aromatic carbocycles. The minimum atomic E-state index is -0.793. The van der Waals surface area contributed by atoms with E-state index in [1.54, 1.807) is 12.1 Å². The number of primary amides is 1. The average Bonchev–Trinajstić information content (AvgIpc) is 3.16. The van der Waals surface area contributed by atoms with E-state index in [0.29, 0.717) is 0 Å². The molecule has 12 nitrogen and oxygen atoms in total. The summed E-state index contributed by atoms with van der Waals surface area (Å²) in [5.74, 6) is -0.726. The third kappa shape index (κ3) is 2.77. The maximum Gasteiger partial charge on any atom is 0.295 e. The molecule has 0 unspecified atom stereocenters. The molecule has 3 aromatic heterocycles. The zero-order chi connectivity index (χ0) is 18.0. The first-order valence-corrected chi connectivity index (χ1v) is 6.79. The van der Waals surface area contributed by atoms with Gasteiger partial charge in [-0.05, 0) is 6.07 Å². The van der Waals surface area contributed by atoms with Crippen LogP contribution in [0.5, 0.6) is 0 Å². The zero-order valence-electron chi connectivity index (χ0n) is 12.8. The van der Waals surface area contributed by atoms with Gasteiger partial charge in [-0.1, -0.05) is 0 Å². The Morgan fingerprint density at radius 1 is 1.36 bits per heavy atom. The van der Waals surface area contributed by atoms with Gasteiger partial charge in [-0.3, -0.25) is 19.4 Å². The highest BCUT2D eigenvalue weighted by Crippen LogP contribution is 2.23. The monoisotopic (exact) mass is 338 g/mol. The van der Waals surface area contributed by atoms with Crippen molar-refractivity contribution in [3.05, 3.63) is 46.3 Å². The van der Waals surface area contributed by atoms with Crippen molar-refractivity contribution >= 4 is 17.4 Å². The summed E-state index contributed by atoms with van der Waals surface area (Å²) in [7, 11) is 1.43. The number of aryl methyl sites for hydroxylation is 1. The molecule has 3 heterocycles. The van der Waals surface area contributed by atoms with Crippen LogP contribution in [0, 0.1) is 11.3 Å². The van der Waals surface area contributed by atoms with Crippen molar-refractivity contribution < 1.29 is 4.79 Å². The Balaban J connectivity index is 2.15. The predicted molar refractivity (Wildman–Crippen MR) is 82.6 cm³/mol. The number of rotatable bonds is 4. The van der Waals surface area contributed by atoms with Crippen molar-refractivity contribution in [1.29, 1.82) is 5.26 Å². The number of azo groups is 1. The maximum absolute atomic E-state index is 12.0. The Kier molecular flexibility index (Phi) is 3.88. The summed E-state index contributed by atoms with van der Waals surface area (Å²) in [5.41, 5.74) is 4.44. The summed E-state index contributed by atoms with van der Waals surface area (Å²) < 4.78 is 2.23. The Labute approximate surface area is 139 Å². The van der Waals surface area contributed by atoms with E-state index in [2.05, 4.69) is 30.4 Å². The van der Waals surface area contributed by atoms with Gasteiger partial charge in [0.15, 0.2) is 17.2 Å². The lowest BCUT2D eigenvalue weighted by molar-refractivity contribution is 0.100. The maximum atomic E-state index is 12.0. The van der Waals surface area contributed by atoms with E-state index in [1.807, 2.05) is 0 Å². The molecule has 12 heteroatoms. The van der Waals surface area contributed by atoms with Crippen LogP contribution in [0.3, 0.4) is 0 Å². The number of H-pyrrole nitrogens is 1. The highest BCUT2D eigenvalue weighted by Gasteiger charge is 2.19. The van der Waals surface area contributed by atoms with Crippen molar-refractivity contribution in [3.8, 4) is 12.0 Å². The molecule has 3 rings (SSSR count). The van der Waals surface area contributed by atoms with E-state index in [-0.39, 0.29) is 28.7 Å². The van der Waals surface area contributed by atoms with Crippen LogP contribution in [-0.4, -0.2) is 35.4 Å². The number of carbonyl (C=O) groups excluding carboxylic acids is 1. The molecule has 0 atom stereocenters. The summed E-state index contributed by atoms with van der Waals surface area (Å²) in [4.78, 5) is 31.6. The number of amides is 1. The fourth-order valence-corrected chi connectivity index (χ4v) is 1.96. The number of aromatic nitrogens is 6. The van der Waals surface area contributed by atoms with Gasteiger partial charge in [0.1, 0.15) is 11.6 Å². The normalized spacial score (nSPS) is 10.9. The smallest absolute Gasteiger partial charge is 0.295 e. The fraction of sp³-hybridized carbons (Fsp3) is 0.0769. The number of nitrogens with zero attached hydrogens (tertiary/aromatic N) is 8. The molecule has 124 valence electrons. The lowest BCUT2D eigenvalue weighted by atomic mass is 10.3. The number of carbonyl (C=O) groups is 1. The van der Waals surface area contributed by atoms with Crippen molar-refractivity contribution in [2.75, 3.05) is 0 Å². The van der Waals surface area contributed by atoms with Crippen LogP contribution in [0.4, 0.5) is 11.5 Å². The Bertz CT molecular complexity index is 1070. The molecule has 3 aromatic rings. The van der Waals surface area contributed by atoms with Crippen LogP contribution >= 0.6 is 0 Å². The molecule has 0 bridgehead atoms. The molecule has 0 radical (unpaired) electrons. The second-order valence-electron chi connectivity index (χ2n) is 4.72. The minimum Gasteiger partial charge on any atom is -0.365 e. The quantitative estimate of drug-likeness (QED) is 0.637. The van der Waals surface area contributed by atoms with Gasteiger partial charge in [-0.15, -0.1) is 10.2 Å². The van der Waals surface area contributed by atoms with E-state index >= 15 is 0 Å². The van der Waals surface area contributed by atoms with Crippen LogP contribution in [0.2, 0.25) is 0 Å². The van der Waals surface area contributed by atoms with Crippen molar-refractivity contribution in [3.63, 3.8) is 0 Å². The summed E-state index contributed by atoms with van der Waals surface area (Å²) in [5, 5.41) is 23.2. The third-order valence-corrected chi connectivity index (χ3v) is 3.13. The SMILES string of the molecule is Cn1[nH]c(C#N)c(N=Nc2c(C(N)=O)cnn2-c2ncccn2)c1=O. The first-order chi connectivity index (χ1) is 12.0. The van der Waals surface area contributed by atoms with Gasteiger partial charge < -0.3 is 5.73 Å². The van der Waals surface area contributed by atoms with Crippen molar-refractivity contribution in [2.45, 2.75) is 0 Å². The molecule has 1 amide bonds. The number of hydrogen-bond donors (Lipinski definition) is 2. The number of hydrogen-bond acceptors (Lipinski definition) is 8. The second-order valence-corrected chi connectivity index (χ2v) is 4.72. The summed E-state index contributed by atoms with van der Waals surface area (Å²) in [6.45, 7) is 0. The highest BCUT2D eigenvalue weighted by atomic mass is 16.1. The van der Waals surface area contributed by atoms with Crippen LogP contribution < -0.4 is 11.3 Å². The fourth-order valence-electron chi connectivity index (χ4n) is 1.96. The largest absolute Gasteiger partial charge is 0.365 e. The Morgan fingerprint density at radius 2 is 2.08 bits per heavy atom. The molecule has 0 spiro atoms. The van der Waals surface area contributed by atoms with E-state index in [9.17, 15) is 9.59 Å². The molecule has 0 aliphatic carbocycles.